The zero-order valence-corrected chi connectivity index (χ0v) is 9.92. The summed E-state index contributed by atoms with van der Waals surface area (Å²) in [7, 11) is 0. The van der Waals surface area contributed by atoms with Crippen molar-refractivity contribution in [3.63, 3.8) is 0 Å². The molecule has 0 fully saturated rings. The number of hydrogen-bond acceptors (Lipinski definition) is 7. The second-order valence-corrected chi connectivity index (χ2v) is 4.38. The zero-order chi connectivity index (χ0) is 13.1. The van der Waals surface area contributed by atoms with Crippen molar-refractivity contribution < 1.29 is 4.92 Å². The van der Waals surface area contributed by atoms with Crippen LogP contribution >= 0.6 is 11.8 Å². The minimum absolute atomic E-state index is 0.0123. The van der Waals surface area contributed by atoms with Crippen LogP contribution in [-0.2, 0) is 0 Å². The van der Waals surface area contributed by atoms with Crippen LogP contribution in [0.5, 0.6) is 0 Å². The molecule has 0 radical (unpaired) electrons. The fraction of sp³-hybridized carbons (Fsp3) is 0. The molecule has 0 atom stereocenters. The third-order valence-corrected chi connectivity index (χ3v) is 3.00. The van der Waals surface area contributed by atoms with Crippen molar-refractivity contribution >= 4 is 29.2 Å². The maximum atomic E-state index is 10.9. The number of anilines is 2. The van der Waals surface area contributed by atoms with Gasteiger partial charge >= 0.3 is 0 Å². The Morgan fingerprint density at radius 3 is 2.61 bits per heavy atom. The van der Waals surface area contributed by atoms with Crippen LogP contribution in [0.2, 0.25) is 0 Å². The molecule has 1 aromatic heterocycles. The van der Waals surface area contributed by atoms with Crippen LogP contribution in [0.25, 0.3) is 0 Å². The first-order chi connectivity index (χ1) is 8.56. The lowest BCUT2D eigenvalue weighted by molar-refractivity contribution is -0.387. The third-order valence-electron chi connectivity index (χ3n) is 2.02. The number of rotatable bonds is 3. The Hall–Kier alpha value is -2.35. The molecule has 0 spiro atoms. The van der Waals surface area contributed by atoms with Gasteiger partial charge < -0.3 is 11.5 Å². The van der Waals surface area contributed by atoms with E-state index in [9.17, 15) is 10.1 Å². The summed E-state index contributed by atoms with van der Waals surface area (Å²) in [6.45, 7) is 0. The van der Waals surface area contributed by atoms with E-state index >= 15 is 0 Å². The lowest BCUT2D eigenvalue weighted by Gasteiger charge is -2.03. The van der Waals surface area contributed by atoms with Crippen molar-refractivity contribution in [2.75, 3.05) is 11.5 Å². The normalized spacial score (nSPS) is 10.2. The van der Waals surface area contributed by atoms with E-state index in [0.29, 0.717) is 9.92 Å². The molecule has 0 aliphatic carbocycles. The largest absolute Gasteiger partial charge is 0.383 e. The van der Waals surface area contributed by atoms with Gasteiger partial charge in [0.2, 0.25) is 5.95 Å². The topological polar surface area (TPSA) is 121 Å². The predicted octanol–water partition coefficient (Wildman–Crippen LogP) is 1.70. The summed E-state index contributed by atoms with van der Waals surface area (Å²) in [5.41, 5.74) is 11.0. The second-order valence-electron chi connectivity index (χ2n) is 3.32. The van der Waals surface area contributed by atoms with Crippen LogP contribution in [0.3, 0.4) is 0 Å². The van der Waals surface area contributed by atoms with E-state index in [4.69, 9.17) is 11.5 Å². The summed E-state index contributed by atoms with van der Waals surface area (Å²) in [6.07, 6.45) is 0. The molecule has 2 aromatic rings. The van der Waals surface area contributed by atoms with E-state index in [-0.39, 0.29) is 17.5 Å². The lowest BCUT2D eigenvalue weighted by atomic mass is 10.3. The van der Waals surface area contributed by atoms with Crippen LogP contribution in [0.4, 0.5) is 17.5 Å². The number of nitrogen functional groups attached to an aromatic ring is 2. The van der Waals surface area contributed by atoms with Crippen LogP contribution in [0.1, 0.15) is 0 Å². The van der Waals surface area contributed by atoms with Gasteiger partial charge in [-0.05, 0) is 6.07 Å². The molecule has 0 saturated heterocycles. The van der Waals surface area contributed by atoms with Gasteiger partial charge in [-0.2, -0.15) is 4.98 Å². The van der Waals surface area contributed by atoms with Crippen molar-refractivity contribution in [1.82, 2.24) is 9.97 Å². The number of nitrogens with two attached hydrogens (primary N) is 2. The van der Waals surface area contributed by atoms with Gasteiger partial charge in [0, 0.05) is 12.1 Å². The smallest absolute Gasteiger partial charge is 0.283 e. The molecule has 0 saturated carbocycles. The van der Waals surface area contributed by atoms with E-state index < -0.39 is 4.92 Å². The fourth-order valence-electron chi connectivity index (χ4n) is 1.32. The molecule has 2 rings (SSSR count). The number of benzene rings is 1. The van der Waals surface area contributed by atoms with Gasteiger partial charge in [0.15, 0.2) is 0 Å². The first-order valence-electron chi connectivity index (χ1n) is 4.87. The average Bonchev–Trinajstić information content (AvgIpc) is 2.27. The molecule has 4 N–H and O–H groups in total. The van der Waals surface area contributed by atoms with Crippen LogP contribution < -0.4 is 11.5 Å². The zero-order valence-electron chi connectivity index (χ0n) is 9.11. The van der Waals surface area contributed by atoms with E-state index in [1.165, 1.54) is 12.1 Å². The van der Waals surface area contributed by atoms with Crippen LogP contribution in [0.15, 0.2) is 40.3 Å². The molecule has 0 unspecified atom stereocenters. The Labute approximate surface area is 106 Å². The fourth-order valence-corrected chi connectivity index (χ4v) is 2.26. The summed E-state index contributed by atoms with van der Waals surface area (Å²) in [4.78, 5) is 18.6. The molecule has 1 heterocycles. The quantitative estimate of drug-likeness (QED) is 0.491. The summed E-state index contributed by atoms with van der Waals surface area (Å²) in [5.74, 6) is 0.264. The third kappa shape index (κ3) is 2.66. The Morgan fingerprint density at radius 2 is 1.94 bits per heavy atom. The van der Waals surface area contributed by atoms with Crippen molar-refractivity contribution in [2.24, 2.45) is 0 Å². The van der Waals surface area contributed by atoms with Gasteiger partial charge in [-0.1, -0.05) is 23.9 Å². The highest BCUT2D eigenvalue weighted by Gasteiger charge is 2.14. The van der Waals surface area contributed by atoms with E-state index in [1.807, 2.05) is 0 Å². The molecule has 7 nitrogen and oxygen atoms in total. The number of aromatic nitrogens is 2. The van der Waals surface area contributed by atoms with E-state index in [2.05, 4.69) is 9.97 Å². The minimum atomic E-state index is -0.448. The lowest BCUT2D eigenvalue weighted by Crippen LogP contribution is -2.00. The molecule has 0 aliphatic rings. The average molecular weight is 263 g/mol. The molecule has 8 heteroatoms. The molecular formula is C10H9N5O2S. The second kappa shape index (κ2) is 4.88. The highest BCUT2D eigenvalue weighted by atomic mass is 32.2. The standard InChI is InChI=1S/C10H9N5O2S/c11-8-5-9(14-10(12)13-8)18-7-4-2-1-3-6(7)15(16)17/h1-5H,(H4,11,12,13,14). The molecule has 18 heavy (non-hydrogen) atoms. The SMILES string of the molecule is Nc1cc(Sc2ccccc2[N+](=O)[O-])nc(N)n1. The van der Waals surface area contributed by atoms with Crippen LogP contribution in [-0.4, -0.2) is 14.9 Å². The molecular weight excluding hydrogens is 254 g/mol. The molecule has 0 amide bonds. The summed E-state index contributed by atoms with van der Waals surface area (Å²) in [6, 6.07) is 7.89. The molecule has 1 aromatic carbocycles. The summed E-state index contributed by atoms with van der Waals surface area (Å²) in [5, 5.41) is 11.3. The van der Waals surface area contributed by atoms with E-state index in [0.717, 1.165) is 11.8 Å². The number of nitro benzene ring substituents is 1. The number of nitro groups is 1. The Morgan fingerprint density at radius 1 is 1.22 bits per heavy atom. The van der Waals surface area contributed by atoms with Gasteiger partial charge in [-0.3, -0.25) is 10.1 Å². The van der Waals surface area contributed by atoms with Gasteiger partial charge in [-0.25, -0.2) is 4.98 Å². The molecule has 0 aliphatic heterocycles. The van der Waals surface area contributed by atoms with Crippen molar-refractivity contribution in [1.29, 1.82) is 0 Å². The Balaban J connectivity index is 2.37. The van der Waals surface area contributed by atoms with Gasteiger partial charge in [0.1, 0.15) is 10.8 Å². The first-order valence-corrected chi connectivity index (χ1v) is 5.69. The van der Waals surface area contributed by atoms with Crippen molar-refractivity contribution in [2.45, 2.75) is 9.92 Å². The summed E-state index contributed by atoms with van der Waals surface area (Å²) < 4.78 is 0. The number of nitrogens with zero attached hydrogens (tertiary/aromatic N) is 3. The van der Waals surface area contributed by atoms with Crippen molar-refractivity contribution in [3.8, 4) is 0 Å². The molecule has 0 bridgehead atoms. The predicted molar refractivity (Wildman–Crippen MR) is 68.1 cm³/mol. The number of hydrogen-bond donors (Lipinski definition) is 2. The Kier molecular flexibility index (Phi) is 3.28. The van der Waals surface area contributed by atoms with Gasteiger partial charge in [0.05, 0.1) is 9.82 Å². The maximum Gasteiger partial charge on any atom is 0.283 e. The first kappa shape index (κ1) is 12.1. The highest BCUT2D eigenvalue weighted by molar-refractivity contribution is 7.99. The van der Waals surface area contributed by atoms with Gasteiger partial charge in [0.25, 0.3) is 5.69 Å². The van der Waals surface area contributed by atoms with Gasteiger partial charge in [-0.15, -0.1) is 0 Å². The number of para-hydroxylation sites is 1. The minimum Gasteiger partial charge on any atom is -0.383 e. The molecule has 92 valence electrons. The summed E-state index contributed by atoms with van der Waals surface area (Å²) >= 11 is 1.12. The monoisotopic (exact) mass is 263 g/mol. The van der Waals surface area contributed by atoms with Crippen LogP contribution in [0, 0.1) is 10.1 Å². The van der Waals surface area contributed by atoms with Crippen molar-refractivity contribution in [3.05, 3.63) is 40.4 Å². The highest BCUT2D eigenvalue weighted by Crippen LogP contribution is 2.33. The van der Waals surface area contributed by atoms with E-state index in [1.54, 1.807) is 18.2 Å². The Bertz CT molecular complexity index is 584. The maximum absolute atomic E-state index is 10.9.